The Kier molecular flexibility index (Phi) is 7.82. The molecule has 0 spiro atoms. The van der Waals surface area contributed by atoms with E-state index in [9.17, 15) is 14.4 Å². The van der Waals surface area contributed by atoms with E-state index in [0.717, 1.165) is 25.7 Å². The van der Waals surface area contributed by atoms with Crippen molar-refractivity contribution in [1.29, 1.82) is 0 Å². The maximum atomic E-state index is 12.9. The minimum Gasteiger partial charge on any atom is -0.368 e. The van der Waals surface area contributed by atoms with Gasteiger partial charge in [-0.3, -0.25) is 14.4 Å². The molecule has 0 aliphatic heterocycles. The fraction of sp³-hybridized carbons (Fsp3) is 0.684. The molecule has 0 radical (unpaired) electrons. The lowest BCUT2D eigenvalue weighted by Gasteiger charge is -2.28. The summed E-state index contributed by atoms with van der Waals surface area (Å²) in [6.45, 7) is 3.79. The monoisotopic (exact) mass is 378 g/mol. The third kappa shape index (κ3) is 6.08. The number of nitrogens with two attached hydrogens (primary N) is 1. The van der Waals surface area contributed by atoms with Crippen LogP contribution in [0.15, 0.2) is 16.8 Å². The number of aromatic nitrogens is 1. The highest BCUT2D eigenvalue weighted by molar-refractivity contribution is 5.96. The van der Waals surface area contributed by atoms with Gasteiger partial charge in [0, 0.05) is 6.07 Å². The molecule has 3 atom stereocenters. The van der Waals surface area contributed by atoms with Gasteiger partial charge in [0.1, 0.15) is 12.1 Å². The number of carbonyl (C=O) groups is 3. The summed E-state index contributed by atoms with van der Waals surface area (Å²) in [4.78, 5) is 37.0. The van der Waals surface area contributed by atoms with Crippen LogP contribution in [0, 0.1) is 11.8 Å². The molecule has 1 aromatic rings. The van der Waals surface area contributed by atoms with E-state index in [-0.39, 0.29) is 11.7 Å². The van der Waals surface area contributed by atoms with E-state index in [1.54, 1.807) is 0 Å². The summed E-state index contributed by atoms with van der Waals surface area (Å²) in [7, 11) is 0. The van der Waals surface area contributed by atoms with Crippen molar-refractivity contribution in [2.45, 2.75) is 70.9 Å². The minimum atomic E-state index is -0.765. The average molecular weight is 378 g/mol. The first-order valence-corrected chi connectivity index (χ1v) is 9.73. The summed E-state index contributed by atoms with van der Waals surface area (Å²) in [6, 6.07) is -0.0776. The van der Waals surface area contributed by atoms with Gasteiger partial charge in [0.15, 0.2) is 0 Å². The lowest BCUT2D eigenvalue weighted by molar-refractivity contribution is -0.129. The zero-order valence-corrected chi connectivity index (χ0v) is 16.1. The number of nitrogens with one attached hydrogen (secondary N) is 2. The van der Waals surface area contributed by atoms with Gasteiger partial charge in [-0.15, -0.1) is 0 Å². The zero-order chi connectivity index (χ0) is 19.8. The van der Waals surface area contributed by atoms with E-state index in [4.69, 9.17) is 10.3 Å². The van der Waals surface area contributed by atoms with Crippen LogP contribution in [0.25, 0.3) is 0 Å². The first-order chi connectivity index (χ1) is 12.9. The highest BCUT2D eigenvalue weighted by atomic mass is 16.5. The largest absolute Gasteiger partial charge is 0.368 e. The van der Waals surface area contributed by atoms with Gasteiger partial charge in [-0.05, 0) is 18.3 Å². The lowest BCUT2D eigenvalue weighted by Crippen LogP contribution is -2.55. The van der Waals surface area contributed by atoms with Crippen LogP contribution in [-0.2, 0) is 9.59 Å². The van der Waals surface area contributed by atoms with Crippen LogP contribution in [-0.4, -0.2) is 35.0 Å². The number of primary amides is 1. The Morgan fingerprint density at radius 3 is 2.52 bits per heavy atom. The molecule has 8 nitrogen and oxygen atoms in total. The van der Waals surface area contributed by atoms with Gasteiger partial charge >= 0.3 is 0 Å². The Labute approximate surface area is 159 Å². The van der Waals surface area contributed by atoms with E-state index in [0.29, 0.717) is 18.8 Å². The molecule has 150 valence electrons. The standard InChI is InChI=1S/C19H30N4O4/c1-3-12(2)16(17(20)24)23-18(25)14(11-13-7-5-4-6-8-13)22-19(26)15-9-10-21-27-15/h9-10,12-14,16H,3-8,11H2,1-2H3,(H2,20,24)(H,22,26)(H,23,25)/t12-,14?,16-/m0/s1. The van der Waals surface area contributed by atoms with Crippen LogP contribution < -0.4 is 16.4 Å². The first-order valence-electron chi connectivity index (χ1n) is 9.73. The molecule has 4 N–H and O–H groups in total. The molecule has 1 unspecified atom stereocenters. The third-order valence-corrected chi connectivity index (χ3v) is 5.39. The second kappa shape index (κ2) is 10.1. The van der Waals surface area contributed by atoms with Gasteiger partial charge in [-0.2, -0.15) is 0 Å². The average Bonchev–Trinajstić information content (AvgIpc) is 3.20. The molecule has 0 aromatic carbocycles. The predicted molar refractivity (Wildman–Crippen MR) is 99.5 cm³/mol. The van der Waals surface area contributed by atoms with Crippen molar-refractivity contribution in [3.63, 3.8) is 0 Å². The third-order valence-electron chi connectivity index (χ3n) is 5.39. The van der Waals surface area contributed by atoms with Crippen LogP contribution in [0.5, 0.6) is 0 Å². The van der Waals surface area contributed by atoms with Gasteiger partial charge < -0.3 is 20.9 Å². The van der Waals surface area contributed by atoms with Crippen molar-refractivity contribution in [1.82, 2.24) is 15.8 Å². The number of rotatable bonds is 9. The fourth-order valence-corrected chi connectivity index (χ4v) is 3.53. The van der Waals surface area contributed by atoms with Gasteiger partial charge in [0.25, 0.3) is 5.91 Å². The van der Waals surface area contributed by atoms with Crippen LogP contribution >= 0.6 is 0 Å². The van der Waals surface area contributed by atoms with Gasteiger partial charge in [-0.25, -0.2) is 0 Å². The molecular weight excluding hydrogens is 348 g/mol. The molecule has 1 saturated carbocycles. The number of carbonyl (C=O) groups excluding carboxylic acids is 3. The number of amides is 3. The Morgan fingerprint density at radius 2 is 1.96 bits per heavy atom. The van der Waals surface area contributed by atoms with E-state index < -0.39 is 29.8 Å². The molecule has 1 aliphatic carbocycles. The highest BCUT2D eigenvalue weighted by Gasteiger charge is 2.31. The van der Waals surface area contributed by atoms with Crippen LogP contribution in [0.2, 0.25) is 0 Å². The summed E-state index contributed by atoms with van der Waals surface area (Å²) in [5.41, 5.74) is 5.46. The Bertz CT molecular complexity index is 626. The zero-order valence-electron chi connectivity index (χ0n) is 16.1. The van der Waals surface area contributed by atoms with Crippen molar-refractivity contribution >= 4 is 17.7 Å². The van der Waals surface area contributed by atoms with Crippen molar-refractivity contribution in [2.75, 3.05) is 0 Å². The summed E-state index contributed by atoms with van der Waals surface area (Å²) in [5, 5.41) is 8.98. The minimum absolute atomic E-state index is 0.0461. The second-order valence-electron chi connectivity index (χ2n) is 7.42. The van der Waals surface area contributed by atoms with Crippen molar-refractivity contribution in [3.05, 3.63) is 18.0 Å². The molecule has 3 amide bonds. The summed E-state index contributed by atoms with van der Waals surface area (Å²) in [5.74, 6) is -1.15. The Hall–Kier alpha value is -2.38. The molecule has 1 aromatic heterocycles. The Balaban J connectivity index is 2.09. The smallest absolute Gasteiger partial charge is 0.290 e. The summed E-state index contributed by atoms with van der Waals surface area (Å²) >= 11 is 0. The van der Waals surface area contributed by atoms with E-state index >= 15 is 0 Å². The van der Waals surface area contributed by atoms with E-state index in [1.807, 2.05) is 13.8 Å². The van der Waals surface area contributed by atoms with Crippen molar-refractivity contribution in [3.8, 4) is 0 Å². The highest BCUT2D eigenvalue weighted by Crippen LogP contribution is 2.27. The quantitative estimate of drug-likeness (QED) is 0.603. The fourth-order valence-electron chi connectivity index (χ4n) is 3.53. The molecule has 0 bridgehead atoms. The van der Waals surface area contributed by atoms with Crippen molar-refractivity contribution in [2.24, 2.45) is 17.6 Å². The number of nitrogens with zero attached hydrogens (tertiary/aromatic N) is 1. The summed E-state index contributed by atoms with van der Waals surface area (Å²) < 4.78 is 4.87. The van der Waals surface area contributed by atoms with Gasteiger partial charge in [0.05, 0.1) is 6.20 Å². The molecule has 1 aliphatic rings. The lowest BCUT2D eigenvalue weighted by atomic mass is 9.84. The normalized spacial score (nSPS) is 18.3. The van der Waals surface area contributed by atoms with Crippen LogP contribution in [0.1, 0.15) is 69.3 Å². The maximum Gasteiger partial charge on any atom is 0.290 e. The second-order valence-corrected chi connectivity index (χ2v) is 7.42. The van der Waals surface area contributed by atoms with E-state index in [1.165, 1.54) is 18.7 Å². The molecule has 1 fully saturated rings. The number of hydrogen-bond donors (Lipinski definition) is 3. The molecule has 0 saturated heterocycles. The Morgan fingerprint density at radius 1 is 1.26 bits per heavy atom. The van der Waals surface area contributed by atoms with Gasteiger partial charge in [-0.1, -0.05) is 57.5 Å². The van der Waals surface area contributed by atoms with E-state index in [2.05, 4.69) is 15.8 Å². The predicted octanol–water partition coefficient (Wildman–Crippen LogP) is 1.76. The first kappa shape index (κ1) is 20.9. The maximum absolute atomic E-state index is 12.9. The van der Waals surface area contributed by atoms with Gasteiger partial charge in [0.2, 0.25) is 17.6 Å². The van der Waals surface area contributed by atoms with Crippen LogP contribution in [0.4, 0.5) is 0 Å². The SMILES string of the molecule is CC[C@H](C)[C@H](NC(=O)C(CC1CCCCC1)NC(=O)c1ccno1)C(N)=O. The topological polar surface area (TPSA) is 127 Å². The molecular formula is C19H30N4O4. The molecule has 27 heavy (non-hydrogen) atoms. The number of hydrogen-bond acceptors (Lipinski definition) is 5. The van der Waals surface area contributed by atoms with Crippen molar-refractivity contribution < 1.29 is 18.9 Å². The summed E-state index contributed by atoms with van der Waals surface area (Å²) in [6.07, 6.45) is 8.13. The molecule has 8 heteroatoms. The molecule has 1 heterocycles. The molecule has 2 rings (SSSR count). The van der Waals surface area contributed by atoms with Crippen LogP contribution in [0.3, 0.4) is 0 Å².